The molecule has 0 aliphatic rings. The van der Waals surface area contributed by atoms with Crippen molar-refractivity contribution >= 4 is 23.0 Å². The summed E-state index contributed by atoms with van der Waals surface area (Å²) in [6.07, 6.45) is 2.12. The minimum Gasteiger partial charge on any atom is -0.398 e. The van der Waals surface area contributed by atoms with E-state index in [0.29, 0.717) is 10.7 Å². The van der Waals surface area contributed by atoms with Gasteiger partial charge in [-0.3, -0.25) is 0 Å². The van der Waals surface area contributed by atoms with Gasteiger partial charge < -0.3 is 10.6 Å². The predicted molar refractivity (Wildman–Crippen MR) is 88.5 cm³/mol. The van der Waals surface area contributed by atoms with Crippen LogP contribution in [0.3, 0.4) is 0 Å². The fourth-order valence-corrected chi connectivity index (χ4v) is 2.45. The van der Waals surface area contributed by atoms with E-state index in [1.54, 1.807) is 0 Å². The van der Waals surface area contributed by atoms with Crippen LogP contribution < -0.4 is 10.6 Å². The van der Waals surface area contributed by atoms with Gasteiger partial charge in [-0.05, 0) is 49.6 Å². The van der Waals surface area contributed by atoms with Crippen LogP contribution in [0.15, 0.2) is 48.5 Å². The van der Waals surface area contributed by atoms with Crippen LogP contribution in [0.5, 0.6) is 0 Å². The van der Waals surface area contributed by atoms with Crippen LogP contribution >= 0.6 is 11.6 Å². The molecule has 0 heterocycles. The Kier molecular flexibility index (Phi) is 5.31. The maximum absolute atomic E-state index is 5.93. The van der Waals surface area contributed by atoms with Gasteiger partial charge in [-0.1, -0.05) is 35.9 Å². The van der Waals surface area contributed by atoms with Gasteiger partial charge in [-0.25, -0.2) is 0 Å². The summed E-state index contributed by atoms with van der Waals surface area (Å²) in [4.78, 5) is 2.39. The molecule has 2 nitrogen and oxygen atoms in total. The number of nitrogens with zero attached hydrogens (tertiary/aromatic N) is 1. The minimum absolute atomic E-state index is 0.633. The SMILES string of the molecule is CCN(CCCc1ccc(Cl)c(N)c1)c1ccccc1. The Labute approximate surface area is 126 Å². The molecule has 0 aromatic heterocycles. The Morgan fingerprint density at radius 1 is 1.10 bits per heavy atom. The molecule has 0 unspecified atom stereocenters. The first-order valence-electron chi connectivity index (χ1n) is 7.04. The van der Waals surface area contributed by atoms with Gasteiger partial charge in [0.2, 0.25) is 0 Å². The van der Waals surface area contributed by atoms with Crippen molar-refractivity contribution in [2.24, 2.45) is 0 Å². The molecule has 0 bridgehead atoms. The first kappa shape index (κ1) is 14.7. The van der Waals surface area contributed by atoms with Crippen molar-refractivity contribution in [1.29, 1.82) is 0 Å². The van der Waals surface area contributed by atoms with Gasteiger partial charge in [0, 0.05) is 18.8 Å². The lowest BCUT2D eigenvalue weighted by atomic mass is 10.1. The summed E-state index contributed by atoms with van der Waals surface area (Å²) in [5.74, 6) is 0. The molecule has 2 aromatic carbocycles. The van der Waals surface area contributed by atoms with Crippen LogP contribution in [-0.4, -0.2) is 13.1 Å². The maximum Gasteiger partial charge on any atom is 0.0635 e. The Morgan fingerprint density at radius 3 is 2.50 bits per heavy atom. The number of halogens is 1. The molecule has 0 saturated heterocycles. The van der Waals surface area contributed by atoms with Gasteiger partial charge in [0.25, 0.3) is 0 Å². The molecular weight excluding hydrogens is 268 g/mol. The molecule has 0 spiro atoms. The lowest BCUT2D eigenvalue weighted by Gasteiger charge is -2.23. The maximum atomic E-state index is 5.93. The Morgan fingerprint density at radius 2 is 1.85 bits per heavy atom. The Bertz CT molecular complexity index is 540. The highest BCUT2D eigenvalue weighted by Gasteiger charge is 2.04. The van der Waals surface area contributed by atoms with E-state index in [1.807, 2.05) is 18.2 Å². The smallest absolute Gasteiger partial charge is 0.0635 e. The van der Waals surface area contributed by atoms with E-state index >= 15 is 0 Å². The third-order valence-electron chi connectivity index (χ3n) is 3.46. The van der Waals surface area contributed by atoms with E-state index < -0.39 is 0 Å². The number of hydrogen-bond donors (Lipinski definition) is 1. The third-order valence-corrected chi connectivity index (χ3v) is 3.80. The lowest BCUT2D eigenvalue weighted by Crippen LogP contribution is -2.24. The lowest BCUT2D eigenvalue weighted by molar-refractivity contribution is 0.746. The number of nitrogen functional groups attached to an aromatic ring is 1. The summed E-state index contributed by atoms with van der Waals surface area (Å²) in [5, 5.41) is 0.633. The van der Waals surface area contributed by atoms with Crippen LogP contribution in [0.25, 0.3) is 0 Å². The van der Waals surface area contributed by atoms with Crippen LogP contribution in [0, 0.1) is 0 Å². The monoisotopic (exact) mass is 288 g/mol. The molecule has 2 rings (SSSR count). The first-order chi connectivity index (χ1) is 9.70. The Hall–Kier alpha value is -1.67. The third kappa shape index (κ3) is 3.91. The van der Waals surface area contributed by atoms with Crippen LogP contribution in [0.2, 0.25) is 5.02 Å². The molecule has 2 aromatic rings. The summed E-state index contributed by atoms with van der Waals surface area (Å²) in [7, 11) is 0. The summed E-state index contributed by atoms with van der Waals surface area (Å²) < 4.78 is 0. The van der Waals surface area contributed by atoms with Crippen LogP contribution in [0.1, 0.15) is 18.9 Å². The van der Waals surface area contributed by atoms with Crippen molar-refractivity contribution in [2.75, 3.05) is 23.7 Å². The zero-order chi connectivity index (χ0) is 14.4. The second-order valence-electron chi connectivity index (χ2n) is 4.87. The number of rotatable bonds is 6. The molecule has 0 radical (unpaired) electrons. The van der Waals surface area contributed by atoms with Gasteiger partial charge in [0.15, 0.2) is 0 Å². The van der Waals surface area contributed by atoms with Crippen LogP contribution in [0.4, 0.5) is 11.4 Å². The number of benzene rings is 2. The number of anilines is 2. The number of hydrogen-bond acceptors (Lipinski definition) is 2. The van der Waals surface area contributed by atoms with E-state index in [4.69, 9.17) is 17.3 Å². The largest absolute Gasteiger partial charge is 0.398 e. The summed E-state index contributed by atoms with van der Waals surface area (Å²) in [5.41, 5.74) is 9.02. The molecule has 0 saturated carbocycles. The van der Waals surface area contributed by atoms with Crippen molar-refractivity contribution in [1.82, 2.24) is 0 Å². The highest BCUT2D eigenvalue weighted by atomic mass is 35.5. The molecule has 20 heavy (non-hydrogen) atoms. The van der Waals surface area contributed by atoms with E-state index in [-0.39, 0.29) is 0 Å². The minimum atomic E-state index is 0.633. The van der Waals surface area contributed by atoms with Gasteiger partial charge in [0.1, 0.15) is 0 Å². The molecule has 0 aliphatic heterocycles. The molecule has 0 fully saturated rings. The van der Waals surface area contributed by atoms with Crippen LogP contribution in [-0.2, 0) is 6.42 Å². The molecule has 106 valence electrons. The molecule has 0 aliphatic carbocycles. The zero-order valence-electron chi connectivity index (χ0n) is 11.8. The number of nitrogens with two attached hydrogens (primary N) is 1. The van der Waals surface area contributed by atoms with Crippen molar-refractivity contribution < 1.29 is 0 Å². The first-order valence-corrected chi connectivity index (χ1v) is 7.42. The van der Waals surface area contributed by atoms with E-state index in [0.717, 1.165) is 25.9 Å². The normalized spacial score (nSPS) is 10.5. The molecule has 2 N–H and O–H groups in total. The second kappa shape index (κ2) is 7.20. The van der Waals surface area contributed by atoms with E-state index in [2.05, 4.69) is 42.2 Å². The number of aryl methyl sites for hydroxylation is 1. The van der Waals surface area contributed by atoms with Crippen molar-refractivity contribution in [3.63, 3.8) is 0 Å². The standard InChI is InChI=1S/C17H21ClN2/c1-2-20(15-8-4-3-5-9-15)12-6-7-14-10-11-16(18)17(19)13-14/h3-5,8-11,13H,2,6-7,12,19H2,1H3. The average molecular weight is 289 g/mol. The molecular formula is C17H21ClN2. The second-order valence-corrected chi connectivity index (χ2v) is 5.28. The molecule has 3 heteroatoms. The fourth-order valence-electron chi connectivity index (χ4n) is 2.33. The number of para-hydroxylation sites is 1. The van der Waals surface area contributed by atoms with Crippen molar-refractivity contribution in [3.05, 3.63) is 59.1 Å². The average Bonchev–Trinajstić information content (AvgIpc) is 2.48. The van der Waals surface area contributed by atoms with Gasteiger partial charge in [-0.15, -0.1) is 0 Å². The topological polar surface area (TPSA) is 29.3 Å². The van der Waals surface area contributed by atoms with Gasteiger partial charge in [-0.2, -0.15) is 0 Å². The predicted octanol–water partition coefficient (Wildman–Crippen LogP) is 4.38. The highest BCUT2D eigenvalue weighted by Crippen LogP contribution is 2.20. The Balaban J connectivity index is 1.89. The molecule has 0 amide bonds. The zero-order valence-corrected chi connectivity index (χ0v) is 12.6. The summed E-state index contributed by atoms with van der Waals surface area (Å²) in [6, 6.07) is 16.4. The molecule has 0 atom stereocenters. The van der Waals surface area contributed by atoms with Crippen molar-refractivity contribution in [2.45, 2.75) is 19.8 Å². The highest BCUT2D eigenvalue weighted by molar-refractivity contribution is 6.33. The van der Waals surface area contributed by atoms with Gasteiger partial charge >= 0.3 is 0 Å². The summed E-state index contributed by atoms with van der Waals surface area (Å²) in [6.45, 7) is 4.25. The fraction of sp³-hybridized carbons (Fsp3) is 0.294. The quantitative estimate of drug-likeness (QED) is 0.799. The summed E-state index contributed by atoms with van der Waals surface area (Å²) >= 11 is 5.93. The van der Waals surface area contributed by atoms with Gasteiger partial charge in [0.05, 0.1) is 10.7 Å². The van der Waals surface area contributed by atoms with E-state index in [9.17, 15) is 0 Å². The van der Waals surface area contributed by atoms with E-state index in [1.165, 1.54) is 11.3 Å². The van der Waals surface area contributed by atoms with Crippen molar-refractivity contribution in [3.8, 4) is 0 Å².